The Hall–Kier alpha value is -2.72. The second-order valence-electron chi connectivity index (χ2n) is 7.69. The van der Waals surface area contributed by atoms with Crippen molar-refractivity contribution in [2.24, 2.45) is 5.92 Å². The van der Waals surface area contributed by atoms with Gasteiger partial charge in [-0.1, -0.05) is 18.2 Å². The number of morpholine rings is 1. The van der Waals surface area contributed by atoms with Gasteiger partial charge in [0.1, 0.15) is 5.82 Å². The van der Waals surface area contributed by atoms with Crippen LogP contribution < -0.4 is 4.74 Å². The number of alkyl halides is 3. The minimum atomic E-state index is -5.08. The number of carboxylic acid groups (broad SMARTS) is 1. The van der Waals surface area contributed by atoms with Crippen molar-refractivity contribution in [3.8, 4) is 5.88 Å². The molecule has 1 N–H and O–H groups in total. The van der Waals surface area contributed by atoms with Gasteiger partial charge in [0.2, 0.25) is 5.88 Å². The van der Waals surface area contributed by atoms with Crippen LogP contribution in [0.2, 0.25) is 0 Å². The fourth-order valence-electron chi connectivity index (χ4n) is 3.92. The molecular weight excluding hydrogens is 432 g/mol. The van der Waals surface area contributed by atoms with Gasteiger partial charge in [-0.25, -0.2) is 14.2 Å². The number of halogens is 4. The molecule has 1 saturated heterocycles. The summed E-state index contributed by atoms with van der Waals surface area (Å²) in [6, 6.07) is 12.9. The number of carboxylic acids is 1. The summed E-state index contributed by atoms with van der Waals surface area (Å²) in [4.78, 5) is 15.6. The monoisotopic (exact) mass is 456 g/mol. The Bertz CT molecular complexity index is 864. The van der Waals surface area contributed by atoms with Crippen LogP contribution in [-0.2, 0) is 16.1 Å². The average Bonchev–Trinajstić information content (AvgIpc) is 3.19. The summed E-state index contributed by atoms with van der Waals surface area (Å²) in [6.45, 7) is 3.21. The molecule has 10 heteroatoms. The van der Waals surface area contributed by atoms with E-state index in [4.69, 9.17) is 19.4 Å². The topological polar surface area (TPSA) is 71.9 Å². The predicted octanol–water partition coefficient (Wildman–Crippen LogP) is 3.91. The van der Waals surface area contributed by atoms with Crippen LogP contribution in [-0.4, -0.2) is 59.0 Å². The molecule has 0 radical (unpaired) electrons. The number of hydrogen-bond donors (Lipinski definition) is 1. The highest BCUT2D eigenvalue weighted by atomic mass is 19.4. The normalized spacial score (nSPS) is 23.1. The Labute approximate surface area is 182 Å². The van der Waals surface area contributed by atoms with Crippen LogP contribution >= 0.6 is 0 Å². The molecule has 1 aliphatic heterocycles. The molecule has 3 unspecified atom stereocenters. The van der Waals surface area contributed by atoms with Crippen LogP contribution in [0.1, 0.15) is 18.4 Å². The largest absolute Gasteiger partial charge is 0.490 e. The third-order valence-corrected chi connectivity index (χ3v) is 5.40. The molecule has 0 spiro atoms. The number of pyridine rings is 1. The standard InChI is InChI=1S/C20H23FN2O2.C2HF3O2/c21-17-6-4-15(5-7-17)13-23-9-10-24-19-12-16(11-18(19)23)14-25-20-3-1-2-8-22-20;3-2(4,5)1(6)7/h1-8,16,18-19H,9-14H2;(H,6,7). The minimum Gasteiger partial charge on any atom is -0.477 e. The van der Waals surface area contributed by atoms with Crippen LogP contribution in [0.25, 0.3) is 0 Å². The van der Waals surface area contributed by atoms with Gasteiger partial charge in [-0.05, 0) is 42.5 Å². The van der Waals surface area contributed by atoms with Crippen molar-refractivity contribution < 1.29 is 36.9 Å². The summed E-state index contributed by atoms with van der Waals surface area (Å²) in [6.07, 6.45) is -0.973. The molecule has 2 heterocycles. The molecule has 1 saturated carbocycles. The van der Waals surface area contributed by atoms with Crippen molar-refractivity contribution in [1.29, 1.82) is 0 Å². The first kappa shape index (κ1) is 23.9. The highest BCUT2D eigenvalue weighted by molar-refractivity contribution is 5.73. The van der Waals surface area contributed by atoms with Gasteiger partial charge in [0.15, 0.2) is 0 Å². The number of hydrogen-bond acceptors (Lipinski definition) is 5. The molecule has 0 amide bonds. The molecule has 2 fully saturated rings. The Kier molecular flexibility index (Phi) is 8.03. The predicted molar refractivity (Wildman–Crippen MR) is 106 cm³/mol. The van der Waals surface area contributed by atoms with Gasteiger partial charge in [0.25, 0.3) is 0 Å². The number of carbonyl (C=O) groups is 1. The molecule has 32 heavy (non-hydrogen) atoms. The third-order valence-electron chi connectivity index (χ3n) is 5.40. The summed E-state index contributed by atoms with van der Waals surface area (Å²) in [5.41, 5.74) is 1.15. The smallest absolute Gasteiger partial charge is 0.477 e. The van der Waals surface area contributed by atoms with Crippen LogP contribution in [0.15, 0.2) is 48.7 Å². The van der Waals surface area contributed by atoms with E-state index in [9.17, 15) is 17.6 Å². The lowest BCUT2D eigenvalue weighted by Gasteiger charge is -2.37. The van der Waals surface area contributed by atoms with E-state index in [1.165, 1.54) is 12.1 Å². The van der Waals surface area contributed by atoms with Crippen molar-refractivity contribution in [3.05, 3.63) is 60.0 Å². The zero-order valence-electron chi connectivity index (χ0n) is 17.2. The fraction of sp³-hybridized carbons (Fsp3) is 0.455. The number of fused-ring (bicyclic) bond motifs is 1. The Morgan fingerprint density at radius 1 is 1.19 bits per heavy atom. The molecule has 4 rings (SSSR count). The first-order valence-electron chi connectivity index (χ1n) is 10.2. The molecular formula is C22H24F4N2O4. The fourth-order valence-corrected chi connectivity index (χ4v) is 3.92. The van der Waals surface area contributed by atoms with E-state index in [1.807, 2.05) is 30.3 Å². The number of rotatable bonds is 5. The number of nitrogens with zero attached hydrogens (tertiary/aromatic N) is 2. The SMILES string of the molecule is Fc1ccc(CN2CCOC3CC(COc4ccccn4)CC32)cc1.O=C(O)C(F)(F)F. The molecule has 6 nitrogen and oxygen atoms in total. The van der Waals surface area contributed by atoms with Gasteiger partial charge >= 0.3 is 12.1 Å². The van der Waals surface area contributed by atoms with Gasteiger partial charge < -0.3 is 14.6 Å². The summed E-state index contributed by atoms with van der Waals surface area (Å²) in [5.74, 6) is -1.78. The Morgan fingerprint density at radius 2 is 1.91 bits per heavy atom. The van der Waals surface area contributed by atoms with Crippen LogP contribution in [0, 0.1) is 11.7 Å². The first-order valence-corrected chi connectivity index (χ1v) is 10.2. The lowest BCUT2D eigenvalue weighted by Crippen LogP contribution is -2.47. The lowest BCUT2D eigenvalue weighted by molar-refractivity contribution is -0.192. The highest BCUT2D eigenvalue weighted by Gasteiger charge is 2.41. The van der Waals surface area contributed by atoms with E-state index in [1.54, 1.807) is 6.20 Å². The summed E-state index contributed by atoms with van der Waals surface area (Å²) >= 11 is 0. The zero-order chi connectivity index (χ0) is 23.1. The molecule has 1 aliphatic carbocycles. The van der Waals surface area contributed by atoms with Crippen molar-refractivity contribution in [2.75, 3.05) is 19.8 Å². The molecule has 0 bridgehead atoms. The maximum Gasteiger partial charge on any atom is 0.490 e. The van der Waals surface area contributed by atoms with E-state index >= 15 is 0 Å². The molecule has 1 aromatic carbocycles. The number of aliphatic carboxylic acids is 1. The van der Waals surface area contributed by atoms with Crippen molar-refractivity contribution in [1.82, 2.24) is 9.88 Å². The third kappa shape index (κ3) is 6.89. The van der Waals surface area contributed by atoms with E-state index in [2.05, 4.69) is 9.88 Å². The number of ether oxygens (including phenoxy) is 2. The number of aromatic nitrogens is 1. The van der Waals surface area contributed by atoms with Gasteiger partial charge in [-0.3, -0.25) is 4.90 Å². The van der Waals surface area contributed by atoms with Gasteiger partial charge in [-0.15, -0.1) is 0 Å². The highest BCUT2D eigenvalue weighted by Crippen LogP contribution is 2.35. The Balaban J connectivity index is 0.000000360. The van der Waals surface area contributed by atoms with Crippen LogP contribution in [0.4, 0.5) is 17.6 Å². The van der Waals surface area contributed by atoms with Crippen molar-refractivity contribution >= 4 is 5.97 Å². The van der Waals surface area contributed by atoms with E-state index in [0.717, 1.165) is 38.1 Å². The summed E-state index contributed by atoms with van der Waals surface area (Å²) in [7, 11) is 0. The molecule has 2 aliphatic rings. The molecule has 174 valence electrons. The quantitative estimate of drug-likeness (QED) is 0.688. The van der Waals surface area contributed by atoms with Crippen LogP contribution in [0.3, 0.4) is 0 Å². The van der Waals surface area contributed by atoms with Crippen LogP contribution in [0.5, 0.6) is 5.88 Å². The molecule has 2 aromatic rings. The van der Waals surface area contributed by atoms with Gasteiger partial charge in [0.05, 0.1) is 19.3 Å². The minimum absolute atomic E-state index is 0.184. The summed E-state index contributed by atoms with van der Waals surface area (Å²) in [5, 5.41) is 7.12. The first-order chi connectivity index (χ1) is 15.2. The lowest BCUT2D eigenvalue weighted by atomic mass is 10.1. The van der Waals surface area contributed by atoms with E-state index in [0.29, 0.717) is 24.4 Å². The second-order valence-corrected chi connectivity index (χ2v) is 7.69. The molecule has 1 aromatic heterocycles. The number of benzene rings is 1. The van der Waals surface area contributed by atoms with Crippen molar-refractivity contribution in [2.45, 2.75) is 37.7 Å². The Morgan fingerprint density at radius 3 is 2.53 bits per heavy atom. The van der Waals surface area contributed by atoms with E-state index < -0.39 is 12.1 Å². The van der Waals surface area contributed by atoms with Gasteiger partial charge in [0, 0.05) is 31.4 Å². The van der Waals surface area contributed by atoms with Gasteiger partial charge in [-0.2, -0.15) is 13.2 Å². The maximum absolute atomic E-state index is 13.1. The molecule has 3 atom stereocenters. The summed E-state index contributed by atoms with van der Waals surface area (Å²) < 4.78 is 56.7. The average molecular weight is 456 g/mol. The van der Waals surface area contributed by atoms with Crippen molar-refractivity contribution in [3.63, 3.8) is 0 Å². The maximum atomic E-state index is 13.1. The van der Waals surface area contributed by atoms with E-state index in [-0.39, 0.29) is 11.9 Å². The zero-order valence-corrected chi connectivity index (χ0v) is 17.2. The second kappa shape index (κ2) is 10.7.